The number of ketones is 1. The second-order valence-electron chi connectivity index (χ2n) is 5.52. The molecule has 0 bridgehead atoms. The molecule has 1 aromatic heterocycles. The van der Waals surface area contributed by atoms with Crippen molar-refractivity contribution < 1.29 is 14.3 Å². The third-order valence-electron chi connectivity index (χ3n) is 3.73. The molecule has 0 aliphatic heterocycles. The van der Waals surface area contributed by atoms with E-state index in [1.54, 1.807) is 31.4 Å². The van der Waals surface area contributed by atoms with Gasteiger partial charge in [0.15, 0.2) is 6.10 Å². The quantitative estimate of drug-likeness (QED) is 0.623. The minimum Gasteiger partial charge on any atom is -0.453 e. The van der Waals surface area contributed by atoms with Gasteiger partial charge in [-0.15, -0.1) is 0 Å². The summed E-state index contributed by atoms with van der Waals surface area (Å²) in [6.45, 7) is 6.99. The molecule has 2 rings (SSSR count). The molecule has 0 radical (unpaired) electrons. The number of carbonyl (C=O) groups is 2. The van der Waals surface area contributed by atoms with Crippen LogP contribution in [0.5, 0.6) is 0 Å². The summed E-state index contributed by atoms with van der Waals surface area (Å²) in [4.78, 5) is 35.7. The van der Waals surface area contributed by atoms with Gasteiger partial charge in [0.05, 0.1) is 0 Å². The minimum atomic E-state index is -0.890. The third kappa shape index (κ3) is 3.96. The van der Waals surface area contributed by atoms with Gasteiger partial charge in [-0.1, -0.05) is 23.5 Å². The predicted octanol–water partition coefficient (Wildman–Crippen LogP) is 2.65. The van der Waals surface area contributed by atoms with Crippen LogP contribution in [0.15, 0.2) is 28.4 Å². The van der Waals surface area contributed by atoms with Crippen LogP contribution in [0.3, 0.4) is 0 Å². The Bertz CT molecular complexity index is 803. The largest absolute Gasteiger partial charge is 0.453 e. The van der Waals surface area contributed by atoms with Gasteiger partial charge >= 0.3 is 10.8 Å². The molecule has 0 saturated carbocycles. The van der Waals surface area contributed by atoms with Gasteiger partial charge in [0.25, 0.3) is 0 Å². The maximum atomic E-state index is 12.3. The van der Waals surface area contributed by atoms with Crippen LogP contribution in [0.4, 0.5) is 0 Å². The summed E-state index contributed by atoms with van der Waals surface area (Å²) in [5, 5.41) is 1.68. The molecule has 122 valence electrons. The Labute approximate surface area is 138 Å². The van der Waals surface area contributed by atoms with Gasteiger partial charge in [-0.25, -0.2) is 0 Å². The maximum Gasteiger partial charge on any atom is 0.326 e. The van der Waals surface area contributed by atoms with Crippen molar-refractivity contribution in [3.8, 4) is 0 Å². The lowest BCUT2D eigenvalue weighted by molar-refractivity contribution is -0.147. The molecule has 2 aromatic rings. The molecule has 0 aliphatic carbocycles. The summed E-state index contributed by atoms with van der Waals surface area (Å²) in [6, 6.07) is 5.38. The number of hydrogen-bond donors (Lipinski definition) is 0. The second kappa shape index (κ2) is 6.91. The average molecular weight is 333 g/mol. The number of benzene rings is 1. The fraction of sp³-hybridized carbons (Fsp3) is 0.353. The van der Waals surface area contributed by atoms with Crippen molar-refractivity contribution in [1.82, 2.24) is 4.57 Å². The Morgan fingerprint density at radius 3 is 2.48 bits per heavy atom. The maximum absolute atomic E-state index is 12.3. The summed E-state index contributed by atoms with van der Waals surface area (Å²) < 4.78 is 6.51. The van der Waals surface area contributed by atoms with E-state index >= 15 is 0 Å². The number of aromatic nitrogens is 1. The van der Waals surface area contributed by atoms with Gasteiger partial charge in [0.2, 0.25) is 5.78 Å². The zero-order chi connectivity index (χ0) is 17.1. The first kappa shape index (κ1) is 17.1. The number of ether oxygens (including phenoxy) is 1. The van der Waals surface area contributed by atoms with Gasteiger partial charge < -0.3 is 4.74 Å². The molecule has 0 fully saturated rings. The lowest BCUT2D eigenvalue weighted by Crippen LogP contribution is -2.29. The summed E-state index contributed by atoms with van der Waals surface area (Å²) >= 11 is 1.03. The Kier molecular flexibility index (Phi) is 5.15. The summed E-state index contributed by atoms with van der Waals surface area (Å²) in [7, 11) is 0. The fourth-order valence-corrected chi connectivity index (χ4v) is 2.88. The molecule has 0 aliphatic rings. The van der Waals surface area contributed by atoms with Gasteiger partial charge in [0.1, 0.15) is 6.54 Å². The van der Waals surface area contributed by atoms with Crippen LogP contribution in [-0.4, -0.2) is 22.4 Å². The zero-order valence-corrected chi connectivity index (χ0v) is 14.4. The van der Waals surface area contributed by atoms with Crippen molar-refractivity contribution in [3.05, 3.63) is 55.6 Å². The first-order valence-corrected chi connectivity index (χ1v) is 8.13. The van der Waals surface area contributed by atoms with Crippen molar-refractivity contribution >= 4 is 23.1 Å². The van der Waals surface area contributed by atoms with Gasteiger partial charge in [-0.3, -0.25) is 19.0 Å². The third-order valence-corrected chi connectivity index (χ3v) is 4.61. The molecule has 0 spiro atoms. The molecular weight excluding hydrogens is 314 g/mol. The minimum absolute atomic E-state index is 0.182. The number of Topliss-reactive ketones (excluding diaryl/α,β-unsaturated/α-hetero) is 1. The van der Waals surface area contributed by atoms with Crippen LogP contribution in [0.25, 0.3) is 0 Å². The highest BCUT2D eigenvalue weighted by atomic mass is 32.1. The number of nitrogens with zero attached hydrogens (tertiary/aromatic N) is 1. The molecule has 1 heterocycles. The smallest absolute Gasteiger partial charge is 0.326 e. The van der Waals surface area contributed by atoms with E-state index in [2.05, 4.69) is 0 Å². The Morgan fingerprint density at radius 2 is 1.91 bits per heavy atom. The van der Waals surface area contributed by atoms with Crippen molar-refractivity contribution in [2.45, 2.75) is 40.3 Å². The monoisotopic (exact) mass is 333 g/mol. The molecular formula is C17H19NO4S. The molecule has 5 nitrogen and oxygen atoms in total. The SMILES string of the molecule is Cc1ccc(C(=O)[C@@H](C)OC(=O)Cn2c(C)csc2=O)cc1C. The Balaban J connectivity index is 2.04. The van der Waals surface area contributed by atoms with Gasteiger partial charge in [0, 0.05) is 16.6 Å². The predicted molar refractivity (Wildman–Crippen MR) is 89.1 cm³/mol. The van der Waals surface area contributed by atoms with Crippen molar-refractivity contribution in [2.75, 3.05) is 0 Å². The number of rotatable bonds is 5. The first-order valence-electron chi connectivity index (χ1n) is 7.25. The first-order chi connectivity index (χ1) is 10.8. The molecule has 0 saturated heterocycles. The van der Waals surface area contributed by atoms with Crippen molar-refractivity contribution in [3.63, 3.8) is 0 Å². The van der Waals surface area contributed by atoms with Crippen molar-refractivity contribution in [2.24, 2.45) is 0 Å². The van der Waals surface area contributed by atoms with E-state index in [9.17, 15) is 14.4 Å². The Morgan fingerprint density at radius 1 is 1.22 bits per heavy atom. The van der Waals surface area contributed by atoms with E-state index < -0.39 is 12.1 Å². The van der Waals surface area contributed by atoms with Crippen LogP contribution in [0.1, 0.15) is 34.1 Å². The van der Waals surface area contributed by atoms with Crippen LogP contribution < -0.4 is 4.87 Å². The fourth-order valence-electron chi connectivity index (χ4n) is 2.14. The lowest BCUT2D eigenvalue weighted by Gasteiger charge is -2.13. The van der Waals surface area contributed by atoms with Gasteiger partial charge in [-0.2, -0.15) is 0 Å². The Hall–Kier alpha value is -2.21. The standard InChI is InChI=1S/C17H19NO4S/c1-10-5-6-14(7-11(10)2)16(20)13(4)22-15(19)8-18-12(3)9-23-17(18)21/h5-7,9,13H,8H2,1-4H3/t13-/m1/s1. The van der Waals surface area contributed by atoms with Crippen LogP contribution in [-0.2, 0) is 16.1 Å². The average Bonchev–Trinajstić information content (AvgIpc) is 2.81. The van der Waals surface area contributed by atoms with Crippen LogP contribution in [0.2, 0.25) is 0 Å². The topological polar surface area (TPSA) is 65.4 Å². The molecule has 23 heavy (non-hydrogen) atoms. The van der Waals surface area contributed by atoms with E-state index in [1.807, 2.05) is 19.9 Å². The number of esters is 1. The van der Waals surface area contributed by atoms with E-state index in [0.29, 0.717) is 11.3 Å². The molecule has 0 amide bonds. The second-order valence-corrected chi connectivity index (χ2v) is 6.35. The molecule has 1 aromatic carbocycles. The van der Waals surface area contributed by atoms with E-state index in [-0.39, 0.29) is 17.2 Å². The summed E-state index contributed by atoms with van der Waals surface area (Å²) in [6.07, 6.45) is -0.890. The number of thiazole rings is 1. The van der Waals surface area contributed by atoms with Crippen LogP contribution in [0, 0.1) is 20.8 Å². The van der Waals surface area contributed by atoms with E-state index in [0.717, 1.165) is 22.5 Å². The molecule has 0 N–H and O–H groups in total. The number of aryl methyl sites for hydroxylation is 3. The number of hydrogen-bond acceptors (Lipinski definition) is 5. The lowest BCUT2D eigenvalue weighted by atomic mass is 10.0. The summed E-state index contributed by atoms with van der Waals surface area (Å²) in [5.74, 6) is -0.853. The highest BCUT2D eigenvalue weighted by Gasteiger charge is 2.20. The zero-order valence-electron chi connectivity index (χ0n) is 13.6. The highest BCUT2D eigenvalue weighted by Crippen LogP contribution is 2.13. The summed E-state index contributed by atoms with van der Waals surface area (Å²) in [5.41, 5.74) is 3.32. The normalized spacial score (nSPS) is 12.0. The molecule has 6 heteroatoms. The van der Waals surface area contributed by atoms with E-state index in [1.165, 1.54) is 4.57 Å². The van der Waals surface area contributed by atoms with Crippen LogP contribution >= 0.6 is 11.3 Å². The molecule has 1 atom stereocenters. The van der Waals surface area contributed by atoms with Crippen molar-refractivity contribution in [1.29, 1.82) is 0 Å². The highest BCUT2D eigenvalue weighted by molar-refractivity contribution is 7.07. The van der Waals surface area contributed by atoms with Gasteiger partial charge in [-0.05, 0) is 44.9 Å². The number of carbonyl (C=O) groups excluding carboxylic acids is 2. The van der Waals surface area contributed by atoms with E-state index in [4.69, 9.17) is 4.74 Å². The molecule has 0 unspecified atom stereocenters.